The number of hydrogen-bond donors (Lipinski definition) is 1. The first-order chi connectivity index (χ1) is 16.6. The minimum atomic E-state index is -0.443. The van der Waals surface area contributed by atoms with Crippen molar-refractivity contribution in [1.82, 2.24) is 10.2 Å². The lowest BCUT2D eigenvalue weighted by Gasteiger charge is -2.16. The lowest BCUT2D eigenvalue weighted by atomic mass is 10.0. The Balaban J connectivity index is 1.60. The van der Waals surface area contributed by atoms with Gasteiger partial charge >= 0.3 is 6.03 Å². The Morgan fingerprint density at radius 1 is 0.971 bits per heavy atom. The number of benzene rings is 3. The Bertz CT molecular complexity index is 1220. The molecule has 1 heterocycles. The molecular formula is C28H26N2O4. The summed E-state index contributed by atoms with van der Waals surface area (Å²) in [5.74, 6) is 0.795. The first-order valence-corrected chi connectivity index (χ1v) is 11.0. The maximum atomic E-state index is 12.9. The predicted molar refractivity (Wildman–Crippen MR) is 131 cm³/mol. The van der Waals surface area contributed by atoms with Crippen molar-refractivity contribution >= 4 is 18.0 Å². The van der Waals surface area contributed by atoms with Crippen LogP contribution in [-0.4, -0.2) is 23.9 Å². The van der Waals surface area contributed by atoms with E-state index < -0.39 is 6.03 Å². The number of imide groups is 1. The zero-order chi connectivity index (χ0) is 23.9. The first-order valence-electron chi connectivity index (χ1n) is 11.0. The Kier molecular flexibility index (Phi) is 7.08. The van der Waals surface area contributed by atoms with E-state index in [4.69, 9.17) is 9.47 Å². The number of carbonyl (C=O) groups is 2. The third-order valence-electron chi connectivity index (χ3n) is 5.42. The minimum Gasteiger partial charge on any atom is -0.493 e. The summed E-state index contributed by atoms with van der Waals surface area (Å²) < 4.78 is 11.7. The molecule has 4 rings (SSSR count). The number of amides is 3. The molecule has 0 aromatic heterocycles. The van der Waals surface area contributed by atoms with Crippen LogP contribution in [0.2, 0.25) is 0 Å². The summed E-state index contributed by atoms with van der Waals surface area (Å²) in [7, 11) is 1.57. The van der Waals surface area contributed by atoms with E-state index in [9.17, 15) is 9.59 Å². The summed E-state index contributed by atoms with van der Waals surface area (Å²) in [5.41, 5.74) is 3.71. The summed E-state index contributed by atoms with van der Waals surface area (Å²) in [4.78, 5) is 26.6. The summed E-state index contributed by atoms with van der Waals surface area (Å²) in [5, 5.41) is 2.68. The van der Waals surface area contributed by atoms with Crippen molar-refractivity contribution in [2.45, 2.75) is 19.6 Å². The van der Waals surface area contributed by atoms with Gasteiger partial charge in [-0.2, -0.15) is 0 Å². The van der Waals surface area contributed by atoms with Crippen molar-refractivity contribution in [3.05, 3.63) is 113 Å². The Hall–Kier alpha value is -4.32. The second kappa shape index (κ2) is 10.5. The topological polar surface area (TPSA) is 67.9 Å². The second-order valence-electron chi connectivity index (χ2n) is 7.84. The molecule has 172 valence electrons. The molecule has 1 aliphatic heterocycles. The van der Waals surface area contributed by atoms with Gasteiger partial charge in [-0.1, -0.05) is 66.7 Å². The fourth-order valence-electron chi connectivity index (χ4n) is 3.77. The highest BCUT2D eigenvalue weighted by atomic mass is 16.5. The van der Waals surface area contributed by atoms with Crippen LogP contribution in [0.25, 0.3) is 6.08 Å². The van der Waals surface area contributed by atoms with E-state index in [0.717, 1.165) is 16.7 Å². The third kappa shape index (κ3) is 5.18. The van der Waals surface area contributed by atoms with Gasteiger partial charge in [0, 0.05) is 5.56 Å². The van der Waals surface area contributed by atoms with Crippen LogP contribution in [0, 0.1) is 0 Å². The number of methoxy groups -OCH3 is 1. The Morgan fingerprint density at radius 2 is 1.65 bits per heavy atom. The summed E-state index contributed by atoms with van der Waals surface area (Å²) >= 11 is 0. The normalized spacial score (nSPS) is 14.3. The first kappa shape index (κ1) is 22.9. The van der Waals surface area contributed by atoms with E-state index in [1.165, 1.54) is 4.90 Å². The SMILES string of the molecule is C=CCc1cc(/C=C2\NC(=O)N(Cc3ccccc3)C2=O)cc(OC)c1OCc1ccccc1. The smallest absolute Gasteiger partial charge is 0.329 e. The number of ether oxygens (including phenoxy) is 2. The Morgan fingerprint density at radius 3 is 2.29 bits per heavy atom. The number of rotatable bonds is 9. The lowest BCUT2D eigenvalue weighted by Crippen LogP contribution is -2.30. The predicted octanol–water partition coefficient (Wildman–Crippen LogP) is 5.10. The number of nitrogens with zero attached hydrogens (tertiary/aromatic N) is 1. The van der Waals surface area contributed by atoms with E-state index >= 15 is 0 Å². The quantitative estimate of drug-likeness (QED) is 0.278. The maximum absolute atomic E-state index is 12.9. The molecule has 1 saturated heterocycles. The molecule has 3 aromatic carbocycles. The van der Waals surface area contributed by atoms with Gasteiger partial charge in [0.15, 0.2) is 11.5 Å². The van der Waals surface area contributed by atoms with Gasteiger partial charge in [0.2, 0.25) is 0 Å². The fourth-order valence-corrected chi connectivity index (χ4v) is 3.77. The highest BCUT2D eigenvalue weighted by molar-refractivity contribution is 6.13. The molecule has 1 fully saturated rings. The van der Waals surface area contributed by atoms with Gasteiger partial charge in [0.25, 0.3) is 5.91 Å². The van der Waals surface area contributed by atoms with E-state index in [2.05, 4.69) is 11.9 Å². The van der Waals surface area contributed by atoms with Gasteiger partial charge in [-0.3, -0.25) is 9.69 Å². The highest BCUT2D eigenvalue weighted by Gasteiger charge is 2.33. The van der Waals surface area contributed by atoms with Crippen LogP contribution in [0.1, 0.15) is 22.3 Å². The highest BCUT2D eigenvalue weighted by Crippen LogP contribution is 2.35. The zero-order valence-electron chi connectivity index (χ0n) is 19.0. The van der Waals surface area contributed by atoms with E-state index in [0.29, 0.717) is 30.1 Å². The van der Waals surface area contributed by atoms with Crippen molar-refractivity contribution < 1.29 is 19.1 Å². The van der Waals surface area contributed by atoms with Crippen molar-refractivity contribution in [2.75, 3.05) is 7.11 Å². The Labute approximate surface area is 199 Å². The number of hydrogen-bond acceptors (Lipinski definition) is 4. The molecule has 3 amide bonds. The number of urea groups is 1. The molecule has 6 heteroatoms. The molecule has 1 N–H and O–H groups in total. The van der Waals surface area contributed by atoms with Gasteiger partial charge in [-0.25, -0.2) is 4.79 Å². The number of nitrogens with one attached hydrogen (secondary N) is 1. The second-order valence-corrected chi connectivity index (χ2v) is 7.84. The van der Waals surface area contributed by atoms with Crippen molar-refractivity contribution in [3.63, 3.8) is 0 Å². The van der Waals surface area contributed by atoms with Gasteiger partial charge in [-0.15, -0.1) is 6.58 Å². The minimum absolute atomic E-state index is 0.208. The van der Waals surface area contributed by atoms with Crippen molar-refractivity contribution in [2.24, 2.45) is 0 Å². The average molecular weight is 455 g/mol. The summed E-state index contributed by atoms with van der Waals surface area (Å²) in [6, 6.07) is 22.5. The van der Waals surface area contributed by atoms with Crippen LogP contribution in [0.3, 0.4) is 0 Å². The molecular weight excluding hydrogens is 428 g/mol. The van der Waals surface area contributed by atoms with Crippen LogP contribution in [0.15, 0.2) is 91.1 Å². The maximum Gasteiger partial charge on any atom is 0.329 e. The van der Waals surface area contributed by atoms with Gasteiger partial charge < -0.3 is 14.8 Å². The van der Waals surface area contributed by atoms with Crippen LogP contribution < -0.4 is 14.8 Å². The molecule has 0 spiro atoms. The van der Waals surface area contributed by atoms with Gasteiger partial charge in [0.1, 0.15) is 12.3 Å². The molecule has 3 aromatic rings. The zero-order valence-corrected chi connectivity index (χ0v) is 19.0. The molecule has 1 aliphatic rings. The molecule has 34 heavy (non-hydrogen) atoms. The fraction of sp³-hybridized carbons (Fsp3) is 0.143. The van der Waals surface area contributed by atoms with Crippen LogP contribution >= 0.6 is 0 Å². The third-order valence-corrected chi connectivity index (χ3v) is 5.42. The molecule has 6 nitrogen and oxygen atoms in total. The van der Waals surface area contributed by atoms with Crippen LogP contribution in [0.5, 0.6) is 11.5 Å². The summed E-state index contributed by atoms with van der Waals surface area (Å²) in [6.45, 7) is 4.45. The number of carbonyl (C=O) groups excluding carboxylic acids is 2. The monoisotopic (exact) mass is 454 g/mol. The van der Waals surface area contributed by atoms with Gasteiger partial charge in [-0.05, 0) is 41.3 Å². The molecule has 0 aliphatic carbocycles. The average Bonchev–Trinajstić information content (AvgIpc) is 3.11. The molecule has 0 saturated carbocycles. The van der Waals surface area contributed by atoms with E-state index in [-0.39, 0.29) is 18.1 Å². The lowest BCUT2D eigenvalue weighted by molar-refractivity contribution is -0.123. The summed E-state index contributed by atoms with van der Waals surface area (Å²) in [6.07, 6.45) is 3.99. The molecule has 0 bridgehead atoms. The molecule has 0 radical (unpaired) electrons. The largest absolute Gasteiger partial charge is 0.493 e. The van der Waals surface area contributed by atoms with E-state index in [1.807, 2.05) is 66.7 Å². The molecule has 0 atom stereocenters. The van der Waals surface area contributed by atoms with Crippen molar-refractivity contribution in [3.8, 4) is 11.5 Å². The van der Waals surface area contributed by atoms with Crippen LogP contribution in [-0.2, 0) is 24.4 Å². The molecule has 0 unspecified atom stereocenters. The van der Waals surface area contributed by atoms with Crippen LogP contribution in [0.4, 0.5) is 4.79 Å². The van der Waals surface area contributed by atoms with E-state index in [1.54, 1.807) is 25.3 Å². The van der Waals surface area contributed by atoms with Gasteiger partial charge in [0.05, 0.1) is 13.7 Å². The number of allylic oxidation sites excluding steroid dienone is 1. The van der Waals surface area contributed by atoms with Crippen molar-refractivity contribution in [1.29, 1.82) is 0 Å². The standard InChI is InChI=1S/C28H26N2O4/c1-3-10-23-15-22(17-25(33-2)26(23)34-19-21-13-8-5-9-14-21)16-24-27(31)30(28(32)29-24)18-20-11-6-4-7-12-20/h3-9,11-17H,1,10,18-19H2,2H3,(H,29,32)/b24-16-.